The van der Waals surface area contributed by atoms with Gasteiger partial charge >= 0.3 is 0 Å². The van der Waals surface area contributed by atoms with Crippen LogP contribution in [0.25, 0.3) is 10.9 Å². The van der Waals surface area contributed by atoms with E-state index >= 15 is 0 Å². The van der Waals surface area contributed by atoms with Crippen molar-refractivity contribution in [3.63, 3.8) is 0 Å². The number of para-hydroxylation sites is 1. The molecule has 1 heterocycles. The minimum absolute atomic E-state index is 0.0669. The van der Waals surface area contributed by atoms with Crippen LogP contribution >= 0.6 is 0 Å². The lowest BCUT2D eigenvalue weighted by molar-refractivity contribution is 0.581. The molecule has 6 heteroatoms. The minimum atomic E-state index is -0.483. The molecule has 3 rings (SSSR count). The van der Waals surface area contributed by atoms with Crippen molar-refractivity contribution in [2.75, 3.05) is 0 Å². The van der Waals surface area contributed by atoms with Crippen molar-refractivity contribution in [1.29, 1.82) is 5.41 Å². The third kappa shape index (κ3) is 2.24. The van der Waals surface area contributed by atoms with Crippen LogP contribution in [-0.4, -0.2) is 15.6 Å². The van der Waals surface area contributed by atoms with E-state index < -0.39 is 5.82 Å². The fraction of sp³-hybridized carbons (Fsp3) is 0.0667. The Balaban J connectivity index is 2.19. The van der Waals surface area contributed by atoms with Crippen LogP contribution in [0.3, 0.4) is 0 Å². The number of rotatable bonds is 3. The molecule has 0 amide bonds. The third-order valence-electron chi connectivity index (χ3n) is 3.25. The van der Waals surface area contributed by atoms with Crippen LogP contribution in [0.1, 0.15) is 11.3 Å². The number of nitrogen functional groups attached to an aromatic ring is 1. The van der Waals surface area contributed by atoms with E-state index in [0.717, 1.165) is 0 Å². The summed E-state index contributed by atoms with van der Waals surface area (Å²) in [7, 11) is 0. The average molecular weight is 286 g/mol. The predicted octanol–water partition coefficient (Wildman–Crippen LogP) is 2.65. The maximum Gasteiger partial charge on any atom is 0.149 e. The molecule has 0 radical (unpaired) electrons. The molecule has 0 aliphatic carbocycles. The van der Waals surface area contributed by atoms with Gasteiger partial charge in [-0.05, 0) is 12.1 Å². The molecule has 0 aliphatic heterocycles. The largest absolute Gasteiger partial charge is 0.382 e. The van der Waals surface area contributed by atoms with Crippen LogP contribution in [0.5, 0.6) is 0 Å². The van der Waals surface area contributed by atoms with Crippen LogP contribution in [0.15, 0.2) is 42.5 Å². The highest BCUT2D eigenvalue weighted by Gasteiger charge is 2.16. The summed E-state index contributed by atoms with van der Waals surface area (Å²) in [5, 5.41) is 12.1. The molecule has 1 aromatic heterocycles. The second kappa shape index (κ2) is 4.97. The molecular formula is C15H12F2N4. The van der Waals surface area contributed by atoms with Gasteiger partial charge in [-0.1, -0.05) is 30.3 Å². The maximum absolute atomic E-state index is 14.1. The van der Waals surface area contributed by atoms with E-state index in [-0.39, 0.29) is 29.4 Å². The van der Waals surface area contributed by atoms with Crippen LogP contribution in [0, 0.1) is 17.0 Å². The van der Waals surface area contributed by atoms with Crippen molar-refractivity contribution < 1.29 is 8.78 Å². The van der Waals surface area contributed by atoms with Crippen molar-refractivity contribution in [2.24, 2.45) is 5.73 Å². The SMILES string of the molecule is N=C(N)c1nn(Cc2ccccc2F)c2c(F)cccc12. The first-order valence-corrected chi connectivity index (χ1v) is 6.31. The van der Waals surface area contributed by atoms with E-state index in [9.17, 15) is 8.78 Å². The van der Waals surface area contributed by atoms with Crippen molar-refractivity contribution in [1.82, 2.24) is 9.78 Å². The Bertz CT molecular complexity index is 839. The van der Waals surface area contributed by atoms with Gasteiger partial charge in [0.15, 0.2) is 0 Å². The number of halogens is 2. The lowest BCUT2D eigenvalue weighted by Crippen LogP contribution is -2.13. The first kappa shape index (κ1) is 13.2. The summed E-state index contributed by atoms with van der Waals surface area (Å²) in [6.45, 7) is 0.0669. The van der Waals surface area contributed by atoms with E-state index in [4.69, 9.17) is 11.1 Å². The van der Waals surface area contributed by atoms with Gasteiger partial charge in [-0.2, -0.15) is 5.10 Å². The molecule has 0 atom stereocenters. The molecule has 0 bridgehead atoms. The fourth-order valence-electron chi connectivity index (χ4n) is 2.29. The van der Waals surface area contributed by atoms with Crippen LogP contribution in [0.2, 0.25) is 0 Å². The molecule has 4 nitrogen and oxygen atoms in total. The molecule has 3 N–H and O–H groups in total. The first-order chi connectivity index (χ1) is 10.1. The summed E-state index contributed by atoms with van der Waals surface area (Å²) in [5.41, 5.74) is 6.28. The number of nitrogens with zero attached hydrogens (tertiary/aromatic N) is 2. The van der Waals surface area contributed by atoms with E-state index in [1.165, 1.54) is 22.9 Å². The number of aromatic nitrogens is 2. The van der Waals surface area contributed by atoms with Gasteiger partial charge in [0.05, 0.1) is 6.54 Å². The van der Waals surface area contributed by atoms with Gasteiger partial charge in [-0.25, -0.2) is 8.78 Å². The first-order valence-electron chi connectivity index (χ1n) is 6.31. The van der Waals surface area contributed by atoms with E-state index in [0.29, 0.717) is 10.9 Å². The number of amidine groups is 1. The summed E-state index contributed by atoms with van der Waals surface area (Å²) in [5.74, 6) is -1.12. The highest BCUT2D eigenvalue weighted by atomic mass is 19.1. The highest BCUT2D eigenvalue weighted by molar-refractivity contribution is 6.05. The molecule has 106 valence electrons. The topological polar surface area (TPSA) is 67.7 Å². The Morgan fingerprint density at radius 1 is 1.10 bits per heavy atom. The monoisotopic (exact) mass is 286 g/mol. The number of nitrogens with one attached hydrogen (secondary N) is 1. The van der Waals surface area contributed by atoms with Gasteiger partial charge in [0.2, 0.25) is 0 Å². The molecule has 2 aromatic carbocycles. The van der Waals surface area contributed by atoms with E-state index in [1.54, 1.807) is 24.3 Å². The normalized spacial score (nSPS) is 11.0. The third-order valence-corrected chi connectivity index (χ3v) is 3.25. The summed E-state index contributed by atoms with van der Waals surface area (Å²) in [4.78, 5) is 0. The molecule has 21 heavy (non-hydrogen) atoms. The van der Waals surface area contributed by atoms with Gasteiger partial charge in [0, 0.05) is 10.9 Å². The van der Waals surface area contributed by atoms with E-state index in [1.807, 2.05) is 0 Å². The molecule has 0 unspecified atom stereocenters. The number of benzene rings is 2. The highest BCUT2D eigenvalue weighted by Crippen LogP contribution is 2.22. The lowest BCUT2D eigenvalue weighted by Gasteiger charge is -2.05. The van der Waals surface area contributed by atoms with Gasteiger partial charge in [0.1, 0.15) is 28.7 Å². The summed E-state index contributed by atoms with van der Waals surface area (Å²) >= 11 is 0. The standard InChI is InChI=1S/C15H12F2N4/c16-11-6-2-1-4-9(11)8-21-14-10(5-3-7-12(14)17)13(20-21)15(18)19/h1-7H,8H2,(H3,18,19). The fourth-order valence-corrected chi connectivity index (χ4v) is 2.29. The van der Waals surface area contributed by atoms with Gasteiger partial charge in [-0.3, -0.25) is 10.1 Å². The lowest BCUT2D eigenvalue weighted by atomic mass is 10.2. The van der Waals surface area contributed by atoms with Crippen LogP contribution in [-0.2, 0) is 6.54 Å². The number of hydrogen-bond donors (Lipinski definition) is 2. The van der Waals surface area contributed by atoms with Crippen molar-refractivity contribution >= 4 is 16.7 Å². The second-order valence-corrected chi connectivity index (χ2v) is 4.65. The number of nitrogens with two attached hydrogens (primary N) is 1. The Labute approximate surface area is 119 Å². The van der Waals surface area contributed by atoms with Crippen LogP contribution in [0.4, 0.5) is 8.78 Å². The molecule has 3 aromatic rings. The summed E-state index contributed by atoms with van der Waals surface area (Å²) in [6, 6.07) is 10.7. The number of hydrogen-bond acceptors (Lipinski definition) is 2. The molecule has 0 fully saturated rings. The molecule has 0 saturated heterocycles. The maximum atomic E-state index is 14.1. The van der Waals surface area contributed by atoms with Crippen molar-refractivity contribution in [3.8, 4) is 0 Å². The summed E-state index contributed by atoms with van der Waals surface area (Å²) in [6.07, 6.45) is 0. The van der Waals surface area contributed by atoms with E-state index in [2.05, 4.69) is 5.10 Å². The zero-order chi connectivity index (χ0) is 15.0. The Morgan fingerprint density at radius 3 is 2.52 bits per heavy atom. The molecule has 0 saturated carbocycles. The van der Waals surface area contributed by atoms with Gasteiger partial charge < -0.3 is 5.73 Å². The van der Waals surface area contributed by atoms with Gasteiger partial charge in [0.25, 0.3) is 0 Å². The van der Waals surface area contributed by atoms with Crippen molar-refractivity contribution in [2.45, 2.75) is 6.54 Å². The molecule has 0 aliphatic rings. The summed E-state index contributed by atoms with van der Waals surface area (Å²) < 4.78 is 29.1. The second-order valence-electron chi connectivity index (χ2n) is 4.65. The van der Waals surface area contributed by atoms with Crippen LogP contribution < -0.4 is 5.73 Å². The Kier molecular flexibility index (Phi) is 3.13. The Hall–Kier alpha value is -2.76. The minimum Gasteiger partial charge on any atom is -0.382 e. The average Bonchev–Trinajstić information content (AvgIpc) is 2.82. The predicted molar refractivity (Wildman–Crippen MR) is 76.2 cm³/mol. The molecular weight excluding hydrogens is 274 g/mol. The van der Waals surface area contributed by atoms with Gasteiger partial charge in [-0.15, -0.1) is 0 Å². The van der Waals surface area contributed by atoms with Crippen molar-refractivity contribution in [3.05, 3.63) is 65.4 Å². The Morgan fingerprint density at radius 2 is 1.81 bits per heavy atom. The zero-order valence-corrected chi connectivity index (χ0v) is 11.0. The zero-order valence-electron chi connectivity index (χ0n) is 11.0. The molecule has 0 spiro atoms. The smallest absolute Gasteiger partial charge is 0.149 e. The quantitative estimate of drug-likeness (QED) is 0.574. The number of fused-ring (bicyclic) bond motifs is 1.